The maximum Gasteiger partial charge on any atom is 0.145 e. The van der Waals surface area contributed by atoms with E-state index >= 15 is 0 Å². The molecule has 0 unspecified atom stereocenters. The van der Waals surface area contributed by atoms with Crippen LogP contribution in [0.2, 0.25) is 0 Å². The van der Waals surface area contributed by atoms with Crippen molar-refractivity contribution in [2.24, 2.45) is 0 Å². The standard InChI is InChI=1S/C35H23N3/c1-3-10-24(11-4-1)25-17-19-27(20-18-25)38-32-22-21-29-28-14-7-8-16-31(28)37(26-12-5-2-6-13-26)34(29)33(32)30-15-9-23-36-35(30)38/h1-23H. The Balaban J connectivity index is 1.48. The molecule has 3 heterocycles. The molecule has 38 heavy (non-hydrogen) atoms. The van der Waals surface area contributed by atoms with Gasteiger partial charge in [-0.25, -0.2) is 4.98 Å². The molecule has 0 N–H and O–H groups in total. The second-order valence-electron chi connectivity index (χ2n) is 9.67. The van der Waals surface area contributed by atoms with Crippen molar-refractivity contribution >= 4 is 43.7 Å². The summed E-state index contributed by atoms with van der Waals surface area (Å²) in [5.41, 5.74) is 9.22. The summed E-state index contributed by atoms with van der Waals surface area (Å²) in [5, 5.41) is 4.88. The fourth-order valence-corrected chi connectivity index (χ4v) is 5.92. The summed E-state index contributed by atoms with van der Waals surface area (Å²) >= 11 is 0. The predicted octanol–water partition coefficient (Wildman–Crippen LogP) is 8.94. The first-order valence-corrected chi connectivity index (χ1v) is 12.9. The van der Waals surface area contributed by atoms with E-state index in [2.05, 4.69) is 137 Å². The second-order valence-corrected chi connectivity index (χ2v) is 9.67. The summed E-state index contributed by atoms with van der Waals surface area (Å²) in [6.45, 7) is 0. The number of hydrogen-bond acceptors (Lipinski definition) is 1. The van der Waals surface area contributed by atoms with Gasteiger partial charge in [0.1, 0.15) is 5.65 Å². The quantitative estimate of drug-likeness (QED) is 0.245. The number of pyridine rings is 1. The third-order valence-electron chi connectivity index (χ3n) is 7.57. The normalized spacial score (nSPS) is 11.7. The fraction of sp³-hybridized carbons (Fsp3) is 0. The van der Waals surface area contributed by atoms with E-state index in [0.717, 1.165) is 27.9 Å². The van der Waals surface area contributed by atoms with Crippen molar-refractivity contribution in [3.8, 4) is 22.5 Å². The minimum absolute atomic E-state index is 0.965. The lowest BCUT2D eigenvalue weighted by Crippen LogP contribution is -1.96. The molecule has 0 saturated carbocycles. The van der Waals surface area contributed by atoms with Gasteiger partial charge in [-0.15, -0.1) is 0 Å². The van der Waals surface area contributed by atoms with Crippen LogP contribution < -0.4 is 0 Å². The van der Waals surface area contributed by atoms with E-state index in [1.54, 1.807) is 0 Å². The molecule has 3 aromatic heterocycles. The number of para-hydroxylation sites is 2. The highest BCUT2D eigenvalue weighted by Gasteiger charge is 2.21. The maximum atomic E-state index is 4.89. The lowest BCUT2D eigenvalue weighted by molar-refractivity contribution is 1.14. The molecule has 0 radical (unpaired) electrons. The lowest BCUT2D eigenvalue weighted by atomic mass is 10.1. The third-order valence-corrected chi connectivity index (χ3v) is 7.57. The minimum atomic E-state index is 0.965. The minimum Gasteiger partial charge on any atom is -0.309 e. The summed E-state index contributed by atoms with van der Waals surface area (Å²) in [7, 11) is 0. The number of hydrogen-bond donors (Lipinski definition) is 0. The van der Waals surface area contributed by atoms with Crippen LogP contribution in [0, 0.1) is 0 Å². The molecule has 8 aromatic rings. The Kier molecular flexibility index (Phi) is 4.52. The van der Waals surface area contributed by atoms with Gasteiger partial charge in [0.05, 0.1) is 16.6 Å². The van der Waals surface area contributed by atoms with Crippen LogP contribution in [0.4, 0.5) is 0 Å². The number of rotatable bonds is 3. The van der Waals surface area contributed by atoms with Crippen LogP contribution in [0.1, 0.15) is 0 Å². The van der Waals surface area contributed by atoms with Gasteiger partial charge in [0.2, 0.25) is 0 Å². The van der Waals surface area contributed by atoms with Crippen LogP contribution in [0.5, 0.6) is 0 Å². The first-order valence-electron chi connectivity index (χ1n) is 12.9. The summed E-state index contributed by atoms with van der Waals surface area (Å²) < 4.78 is 4.70. The van der Waals surface area contributed by atoms with Crippen molar-refractivity contribution in [3.05, 3.63) is 140 Å². The van der Waals surface area contributed by atoms with E-state index < -0.39 is 0 Å². The van der Waals surface area contributed by atoms with E-state index in [9.17, 15) is 0 Å². The number of aromatic nitrogens is 3. The van der Waals surface area contributed by atoms with Gasteiger partial charge in [-0.1, -0.05) is 84.9 Å². The monoisotopic (exact) mass is 485 g/mol. The SMILES string of the molecule is c1ccc(-c2ccc(-n3c4ccc5c6ccccc6n(-c6ccccc6)c5c4c4cccnc43)cc2)cc1. The van der Waals surface area contributed by atoms with Gasteiger partial charge < -0.3 is 4.57 Å². The average Bonchev–Trinajstić information content (AvgIpc) is 3.51. The van der Waals surface area contributed by atoms with Gasteiger partial charge in [-0.3, -0.25) is 4.57 Å². The number of benzene rings is 5. The first-order chi connectivity index (χ1) is 18.9. The molecular formula is C35H23N3. The third kappa shape index (κ3) is 2.99. The van der Waals surface area contributed by atoms with E-state index in [0.29, 0.717) is 0 Å². The Morgan fingerprint density at radius 3 is 1.89 bits per heavy atom. The largest absolute Gasteiger partial charge is 0.309 e. The van der Waals surface area contributed by atoms with E-state index in [1.807, 2.05) is 12.3 Å². The van der Waals surface area contributed by atoms with Gasteiger partial charge in [-0.2, -0.15) is 0 Å². The van der Waals surface area contributed by atoms with Gasteiger partial charge in [0, 0.05) is 39.1 Å². The lowest BCUT2D eigenvalue weighted by Gasteiger charge is -2.10. The highest BCUT2D eigenvalue weighted by Crippen LogP contribution is 2.41. The maximum absolute atomic E-state index is 4.89. The smallest absolute Gasteiger partial charge is 0.145 e. The average molecular weight is 486 g/mol. The summed E-state index contributed by atoms with van der Waals surface area (Å²) in [6.07, 6.45) is 1.89. The summed E-state index contributed by atoms with van der Waals surface area (Å²) in [5.74, 6) is 0. The van der Waals surface area contributed by atoms with Crippen LogP contribution in [0.15, 0.2) is 140 Å². The van der Waals surface area contributed by atoms with Gasteiger partial charge in [0.15, 0.2) is 0 Å². The van der Waals surface area contributed by atoms with Crippen molar-refractivity contribution in [1.82, 2.24) is 14.1 Å². The predicted molar refractivity (Wildman–Crippen MR) is 158 cm³/mol. The molecule has 0 bridgehead atoms. The topological polar surface area (TPSA) is 22.8 Å². The van der Waals surface area contributed by atoms with Crippen LogP contribution in [0.25, 0.3) is 66.2 Å². The number of fused-ring (bicyclic) bond motifs is 7. The van der Waals surface area contributed by atoms with Crippen LogP contribution in [-0.4, -0.2) is 14.1 Å². The molecule has 0 aliphatic carbocycles. The van der Waals surface area contributed by atoms with Gasteiger partial charge >= 0.3 is 0 Å². The summed E-state index contributed by atoms with van der Waals surface area (Å²) in [6, 6.07) is 47.4. The molecule has 0 fully saturated rings. The Morgan fingerprint density at radius 2 is 1.08 bits per heavy atom. The van der Waals surface area contributed by atoms with Crippen molar-refractivity contribution < 1.29 is 0 Å². The molecule has 3 nitrogen and oxygen atoms in total. The zero-order valence-corrected chi connectivity index (χ0v) is 20.6. The molecule has 0 aliphatic rings. The molecule has 0 spiro atoms. The van der Waals surface area contributed by atoms with E-state index in [-0.39, 0.29) is 0 Å². The molecule has 0 saturated heterocycles. The van der Waals surface area contributed by atoms with Crippen molar-refractivity contribution in [3.63, 3.8) is 0 Å². The molecule has 0 aliphatic heterocycles. The zero-order chi connectivity index (χ0) is 25.1. The molecular weight excluding hydrogens is 462 g/mol. The Morgan fingerprint density at radius 1 is 0.421 bits per heavy atom. The molecule has 3 heteroatoms. The molecule has 0 atom stereocenters. The first kappa shape index (κ1) is 21.0. The highest BCUT2D eigenvalue weighted by molar-refractivity contribution is 6.25. The van der Waals surface area contributed by atoms with E-state index in [1.165, 1.54) is 38.3 Å². The van der Waals surface area contributed by atoms with Gasteiger partial charge in [0.25, 0.3) is 0 Å². The number of nitrogens with zero attached hydrogens (tertiary/aromatic N) is 3. The molecule has 8 rings (SSSR count). The van der Waals surface area contributed by atoms with Crippen molar-refractivity contribution in [1.29, 1.82) is 0 Å². The summed E-state index contributed by atoms with van der Waals surface area (Å²) in [4.78, 5) is 4.89. The molecule has 0 amide bonds. The van der Waals surface area contributed by atoms with Crippen LogP contribution in [-0.2, 0) is 0 Å². The van der Waals surface area contributed by atoms with E-state index in [4.69, 9.17) is 4.98 Å². The fourth-order valence-electron chi connectivity index (χ4n) is 5.92. The van der Waals surface area contributed by atoms with Gasteiger partial charge in [-0.05, 0) is 59.7 Å². The second kappa shape index (κ2) is 8.19. The Hall–Kier alpha value is -5.15. The molecule has 178 valence electrons. The van der Waals surface area contributed by atoms with Crippen LogP contribution in [0.3, 0.4) is 0 Å². The van der Waals surface area contributed by atoms with Crippen molar-refractivity contribution in [2.75, 3.05) is 0 Å². The molecule has 5 aromatic carbocycles. The zero-order valence-electron chi connectivity index (χ0n) is 20.6. The Labute approximate surface area is 219 Å². The van der Waals surface area contributed by atoms with Crippen molar-refractivity contribution in [2.45, 2.75) is 0 Å². The van der Waals surface area contributed by atoms with Crippen LogP contribution >= 0.6 is 0 Å². The highest BCUT2D eigenvalue weighted by atomic mass is 15.1. The Bertz CT molecular complexity index is 2100.